The Morgan fingerprint density at radius 2 is 1.47 bits per heavy atom. The SMILES string of the molecule is CC(C)OC(=O)NC(C(=O)NC(Cc1ccccc1)C1OC1CC(=O)NC(C(=O)c1ccccc1)C(C)C)C(C)(C)S(C)(=O)=O. The van der Waals surface area contributed by atoms with Crippen molar-refractivity contribution in [1.29, 1.82) is 0 Å². The predicted octanol–water partition coefficient (Wildman–Crippen LogP) is 3.22. The summed E-state index contributed by atoms with van der Waals surface area (Å²) >= 11 is 0. The number of ketones is 1. The van der Waals surface area contributed by atoms with Gasteiger partial charge in [0, 0.05) is 11.8 Å². The lowest BCUT2D eigenvalue weighted by molar-refractivity contribution is -0.124. The van der Waals surface area contributed by atoms with Gasteiger partial charge in [0.15, 0.2) is 15.6 Å². The molecule has 1 heterocycles. The standard InChI is InChI=1S/C33H45N3O8S/c1-20(2)27(28(38)23-16-12-9-13-17-23)35-26(37)19-25-29(44-25)24(18-22-14-10-8-11-15-22)34-31(39)30(33(5,6)45(7,41)42)36-32(40)43-21(3)4/h8-17,20-21,24-25,27,29-30H,18-19H2,1-7H3,(H,34,39)(H,35,37)(H,36,40). The van der Waals surface area contributed by atoms with Crippen LogP contribution in [0.15, 0.2) is 60.7 Å². The third-order valence-electron chi connectivity index (χ3n) is 7.87. The van der Waals surface area contributed by atoms with Crippen molar-refractivity contribution in [3.63, 3.8) is 0 Å². The van der Waals surface area contributed by atoms with Gasteiger partial charge in [0.1, 0.15) is 12.1 Å². The van der Waals surface area contributed by atoms with Gasteiger partial charge in [-0.05, 0) is 45.6 Å². The zero-order valence-corrected chi connectivity index (χ0v) is 27.7. The molecule has 246 valence electrons. The Bertz CT molecular complexity index is 1440. The van der Waals surface area contributed by atoms with Gasteiger partial charge in [-0.25, -0.2) is 13.2 Å². The highest BCUT2D eigenvalue weighted by Crippen LogP contribution is 2.31. The van der Waals surface area contributed by atoms with Crippen LogP contribution in [0.3, 0.4) is 0 Å². The number of alkyl carbamates (subject to hydrolysis) is 1. The van der Waals surface area contributed by atoms with E-state index in [1.165, 1.54) is 13.8 Å². The van der Waals surface area contributed by atoms with Crippen molar-refractivity contribution >= 4 is 33.5 Å². The lowest BCUT2D eigenvalue weighted by Gasteiger charge is -2.33. The van der Waals surface area contributed by atoms with Crippen molar-refractivity contribution in [1.82, 2.24) is 16.0 Å². The van der Waals surface area contributed by atoms with Gasteiger partial charge in [0.05, 0.1) is 35.5 Å². The van der Waals surface area contributed by atoms with E-state index in [0.717, 1.165) is 11.8 Å². The van der Waals surface area contributed by atoms with Crippen molar-refractivity contribution in [3.05, 3.63) is 71.8 Å². The Morgan fingerprint density at radius 3 is 2.00 bits per heavy atom. The minimum atomic E-state index is -3.84. The van der Waals surface area contributed by atoms with Gasteiger partial charge in [0.25, 0.3) is 0 Å². The fraction of sp³-hybridized carbons (Fsp3) is 0.515. The van der Waals surface area contributed by atoms with Crippen LogP contribution in [0.4, 0.5) is 4.79 Å². The van der Waals surface area contributed by atoms with Crippen LogP contribution in [0.5, 0.6) is 0 Å². The second-order valence-electron chi connectivity index (χ2n) is 12.6. The Hall–Kier alpha value is -3.77. The van der Waals surface area contributed by atoms with Crippen LogP contribution in [0, 0.1) is 5.92 Å². The molecule has 0 aromatic heterocycles. The molecule has 0 saturated carbocycles. The van der Waals surface area contributed by atoms with Gasteiger partial charge in [-0.2, -0.15) is 0 Å². The van der Waals surface area contributed by atoms with Crippen LogP contribution in [0.1, 0.15) is 63.9 Å². The van der Waals surface area contributed by atoms with Crippen LogP contribution in [-0.4, -0.2) is 79.5 Å². The van der Waals surface area contributed by atoms with Gasteiger partial charge in [0.2, 0.25) is 11.8 Å². The summed E-state index contributed by atoms with van der Waals surface area (Å²) < 4.78 is 34.7. The summed E-state index contributed by atoms with van der Waals surface area (Å²) in [6.45, 7) is 9.69. The number of amides is 3. The van der Waals surface area contributed by atoms with Crippen molar-refractivity contribution in [2.75, 3.05) is 6.26 Å². The number of Topliss-reactive ketones (excluding diaryl/α,β-unsaturated/α-hetero) is 1. The second-order valence-corrected chi connectivity index (χ2v) is 15.2. The number of rotatable bonds is 15. The number of nitrogens with one attached hydrogen (secondary N) is 3. The van der Waals surface area contributed by atoms with Gasteiger partial charge < -0.3 is 25.4 Å². The van der Waals surface area contributed by atoms with Crippen LogP contribution in [0.2, 0.25) is 0 Å². The number of sulfone groups is 1. The molecule has 1 fully saturated rings. The van der Waals surface area contributed by atoms with Crippen LogP contribution in [-0.2, 0) is 35.3 Å². The zero-order chi connectivity index (χ0) is 33.5. The molecule has 5 unspecified atom stereocenters. The summed E-state index contributed by atoms with van der Waals surface area (Å²) in [6.07, 6.45) is -1.29. The van der Waals surface area contributed by atoms with E-state index in [4.69, 9.17) is 9.47 Å². The first-order valence-corrected chi connectivity index (χ1v) is 17.0. The molecule has 1 aliphatic heterocycles. The van der Waals surface area contributed by atoms with Gasteiger partial charge in [-0.15, -0.1) is 0 Å². The number of carbonyl (C=O) groups excluding carboxylic acids is 4. The summed E-state index contributed by atoms with van der Waals surface area (Å²) in [5.41, 5.74) is 1.38. The summed E-state index contributed by atoms with van der Waals surface area (Å²) in [4.78, 5) is 52.4. The van der Waals surface area contributed by atoms with Crippen molar-refractivity contribution in [2.45, 2.75) is 95.6 Å². The van der Waals surface area contributed by atoms with E-state index in [0.29, 0.717) is 12.0 Å². The maximum atomic E-state index is 13.7. The number of ether oxygens (including phenoxy) is 2. The first kappa shape index (κ1) is 35.7. The summed E-state index contributed by atoms with van der Waals surface area (Å²) in [7, 11) is -3.84. The first-order chi connectivity index (χ1) is 21.0. The molecule has 3 amide bonds. The van der Waals surface area contributed by atoms with E-state index in [-0.39, 0.29) is 24.0 Å². The van der Waals surface area contributed by atoms with E-state index in [2.05, 4.69) is 16.0 Å². The fourth-order valence-electron chi connectivity index (χ4n) is 4.93. The van der Waals surface area contributed by atoms with Crippen LogP contribution >= 0.6 is 0 Å². The summed E-state index contributed by atoms with van der Waals surface area (Å²) in [6, 6.07) is 15.2. The summed E-state index contributed by atoms with van der Waals surface area (Å²) in [5.74, 6) is -1.46. The van der Waals surface area contributed by atoms with Gasteiger partial charge in [-0.1, -0.05) is 74.5 Å². The monoisotopic (exact) mass is 643 g/mol. The average Bonchev–Trinajstić information content (AvgIpc) is 3.72. The average molecular weight is 644 g/mol. The number of carbonyl (C=O) groups is 4. The van der Waals surface area contributed by atoms with Gasteiger partial charge in [-0.3, -0.25) is 14.4 Å². The molecule has 0 aliphatic carbocycles. The minimum Gasteiger partial charge on any atom is -0.447 e. The lowest BCUT2D eigenvalue weighted by Crippen LogP contribution is -2.62. The van der Waals surface area contributed by atoms with Crippen molar-refractivity contribution in [2.24, 2.45) is 5.92 Å². The molecule has 0 spiro atoms. The highest BCUT2D eigenvalue weighted by atomic mass is 32.2. The topological polar surface area (TPSA) is 160 Å². The van der Waals surface area contributed by atoms with Crippen LogP contribution < -0.4 is 16.0 Å². The molecule has 3 rings (SSSR count). The molecule has 1 saturated heterocycles. The Balaban J connectivity index is 1.78. The molecular formula is C33H45N3O8S. The van der Waals surface area contributed by atoms with E-state index in [9.17, 15) is 27.6 Å². The number of epoxide rings is 1. The quantitative estimate of drug-likeness (QED) is 0.197. The third kappa shape index (κ3) is 9.86. The highest BCUT2D eigenvalue weighted by Gasteiger charge is 2.50. The van der Waals surface area contributed by atoms with Crippen molar-refractivity contribution in [3.8, 4) is 0 Å². The summed E-state index contributed by atoms with van der Waals surface area (Å²) in [5, 5.41) is 8.16. The van der Waals surface area contributed by atoms with Crippen LogP contribution in [0.25, 0.3) is 0 Å². The molecule has 11 nitrogen and oxygen atoms in total. The Kier molecular flexibility index (Phi) is 11.9. The lowest BCUT2D eigenvalue weighted by atomic mass is 9.94. The minimum absolute atomic E-state index is 0.0473. The molecule has 1 aliphatic rings. The Morgan fingerprint density at radius 1 is 0.889 bits per heavy atom. The van der Waals surface area contributed by atoms with Crippen molar-refractivity contribution < 1.29 is 37.1 Å². The fourth-order valence-corrected chi connectivity index (χ4v) is 5.52. The van der Waals surface area contributed by atoms with E-state index < -0.39 is 63.0 Å². The zero-order valence-electron chi connectivity index (χ0n) is 26.9. The number of hydrogen-bond acceptors (Lipinski definition) is 8. The van der Waals surface area contributed by atoms with E-state index in [1.807, 2.05) is 50.2 Å². The molecular weight excluding hydrogens is 598 g/mol. The normalized spacial score (nSPS) is 18.4. The molecule has 0 radical (unpaired) electrons. The molecule has 12 heteroatoms. The Labute approximate surface area is 265 Å². The molecule has 2 aromatic rings. The molecule has 0 bridgehead atoms. The molecule has 3 N–H and O–H groups in total. The maximum Gasteiger partial charge on any atom is 0.408 e. The smallest absolute Gasteiger partial charge is 0.408 e. The van der Waals surface area contributed by atoms with E-state index >= 15 is 0 Å². The second kappa shape index (κ2) is 15.0. The number of hydrogen-bond donors (Lipinski definition) is 3. The van der Waals surface area contributed by atoms with Gasteiger partial charge >= 0.3 is 6.09 Å². The van der Waals surface area contributed by atoms with E-state index in [1.54, 1.807) is 38.1 Å². The maximum absolute atomic E-state index is 13.7. The predicted molar refractivity (Wildman–Crippen MR) is 170 cm³/mol. The highest BCUT2D eigenvalue weighted by molar-refractivity contribution is 7.92. The number of benzene rings is 2. The first-order valence-electron chi connectivity index (χ1n) is 15.1. The molecule has 45 heavy (non-hydrogen) atoms. The molecule has 2 aromatic carbocycles. The molecule has 5 atom stereocenters. The third-order valence-corrected chi connectivity index (χ3v) is 10.0. The largest absolute Gasteiger partial charge is 0.447 e.